The van der Waals surface area contributed by atoms with E-state index in [0.29, 0.717) is 5.69 Å². The van der Waals surface area contributed by atoms with Gasteiger partial charge in [0.1, 0.15) is 6.29 Å². The summed E-state index contributed by atoms with van der Waals surface area (Å²) in [6, 6.07) is 12.6. The van der Waals surface area contributed by atoms with Crippen molar-refractivity contribution >= 4 is 27.5 Å². The van der Waals surface area contributed by atoms with Crippen LogP contribution in [0.15, 0.2) is 58.3 Å². The Hall–Kier alpha value is -2.34. The Morgan fingerprint density at radius 2 is 1.32 bits per heavy atom. The van der Waals surface area contributed by atoms with Crippen molar-refractivity contribution in [2.75, 3.05) is 11.1 Å². The molecule has 3 N–H and O–H groups in total. The molecule has 0 aliphatic carbocycles. The zero-order valence-electron chi connectivity index (χ0n) is 14.9. The zero-order chi connectivity index (χ0) is 18.9. The lowest BCUT2D eigenvalue weighted by Crippen LogP contribution is -2.47. The SMILES string of the molecule is CC(C)(C=O)C(C)(C)Nc1ccc(S(=O)(=O)c2ccc(N)cc2)cc1. The number of benzene rings is 2. The third-order valence-corrected chi connectivity index (χ3v) is 6.50. The first-order valence-electron chi connectivity index (χ1n) is 7.95. The molecule has 0 aromatic heterocycles. The summed E-state index contributed by atoms with van der Waals surface area (Å²) in [5, 5.41) is 3.29. The van der Waals surface area contributed by atoms with Crippen molar-refractivity contribution in [1.82, 2.24) is 0 Å². The number of aldehydes is 1. The summed E-state index contributed by atoms with van der Waals surface area (Å²) in [7, 11) is -3.59. The van der Waals surface area contributed by atoms with Crippen LogP contribution < -0.4 is 11.1 Å². The van der Waals surface area contributed by atoms with Crippen LogP contribution in [0.3, 0.4) is 0 Å². The molecule has 0 amide bonds. The van der Waals surface area contributed by atoms with Gasteiger partial charge in [0.2, 0.25) is 9.84 Å². The molecular weight excluding hydrogens is 336 g/mol. The maximum atomic E-state index is 12.6. The molecule has 0 unspecified atom stereocenters. The molecule has 6 heteroatoms. The quantitative estimate of drug-likeness (QED) is 0.608. The predicted molar refractivity (Wildman–Crippen MR) is 100 cm³/mol. The summed E-state index contributed by atoms with van der Waals surface area (Å²) >= 11 is 0. The molecule has 0 aliphatic rings. The molecule has 0 saturated carbocycles. The minimum absolute atomic E-state index is 0.199. The van der Waals surface area contributed by atoms with Crippen molar-refractivity contribution < 1.29 is 13.2 Å². The lowest BCUT2D eigenvalue weighted by atomic mass is 9.75. The fourth-order valence-electron chi connectivity index (χ4n) is 2.17. The highest BCUT2D eigenvalue weighted by Crippen LogP contribution is 2.32. The van der Waals surface area contributed by atoms with E-state index in [1.165, 1.54) is 12.1 Å². The molecule has 0 aliphatic heterocycles. The maximum Gasteiger partial charge on any atom is 0.206 e. The number of nitrogens with one attached hydrogen (secondary N) is 1. The van der Waals surface area contributed by atoms with E-state index >= 15 is 0 Å². The Morgan fingerprint density at radius 1 is 0.880 bits per heavy atom. The molecule has 0 heterocycles. The number of hydrogen-bond donors (Lipinski definition) is 2. The van der Waals surface area contributed by atoms with Gasteiger partial charge in [-0.25, -0.2) is 8.42 Å². The Kier molecular flexibility index (Phi) is 4.95. The van der Waals surface area contributed by atoms with Crippen LogP contribution in [-0.2, 0) is 14.6 Å². The largest absolute Gasteiger partial charge is 0.399 e. The van der Waals surface area contributed by atoms with E-state index in [0.717, 1.165) is 12.0 Å². The zero-order valence-corrected chi connectivity index (χ0v) is 15.7. The van der Waals surface area contributed by atoms with Crippen LogP contribution in [-0.4, -0.2) is 20.2 Å². The van der Waals surface area contributed by atoms with Crippen LogP contribution >= 0.6 is 0 Å². The summed E-state index contributed by atoms with van der Waals surface area (Å²) in [6.45, 7) is 7.57. The van der Waals surface area contributed by atoms with E-state index in [4.69, 9.17) is 5.73 Å². The Balaban J connectivity index is 2.28. The Morgan fingerprint density at radius 3 is 1.76 bits per heavy atom. The van der Waals surface area contributed by atoms with Crippen LogP contribution in [0.2, 0.25) is 0 Å². The number of nitrogen functional groups attached to an aromatic ring is 1. The third-order valence-electron chi connectivity index (χ3n) is 4.72. The van der Waals surface area contributed by atoms with Gasteiger partial charge in [-0.15, -0.1) is 0 Å². The summed E-state index contributed by atoms with van der Waals surface area (Å²) in [5.41, 5.74) is 5.79. The minimum atomic E-state index is -3.59. The van der Waals surface area contributed by atoms with Crippen molar-refractivity contribution in [1.29, 1.82) is 0 Å². The van der Waals surface area contributed by atoms with Gasteiger partial charge in [0.25, 0.3) is 0 Å². The van der Waals surface area contributed by atoms with E-state index in [1.807, 2.05) is 27.7 Å². The Labute approximate surface area is 149 Å². The number of sulfone groups is 1. The van der Waals surface area contributed by atoms with E-state index in [2.05, 4.69) is 5.32 Å². The molecule has 0 bridgehead atoms. The molecular formula is C19H24N2O3S. The fourth-order valence-corrected chi connectivity index (χ4v) is 3.43. The standard InChI is InChI=1S/C19H24N2O3S/c1-18(2,13-22)19(3,4)21-15-7-11-17(12-8-15)25(23,24)16-9-5-14(20)6-10-16/h5-13,21H,20H2,1-4H3. The second-order valence-electron chi connectivity index (χ2n) is 7.19. The molecule has 0 spiro atoms. The molecule has 2 rings (SSSR count). The molecule has 2 aromatic rings. The van der Waals surface area contributed by atoms with Crippen LogP contribution in [0.4, 0.5) is 11.4 Å². The topological polar surface area (TPSA) is 89.3 Å². The van der Waals surface area contributed by atoms with Crippen LogP contribution in [0.25, 0.3) is 0 Å². The van der Waals surface area contributed by atoms with Crippen LogP contribution in [0.5, 0.6) is 0 Å². The van der Waals surface area contributed by atoms with Gasteiger partial charge in [-0.05, 0) is 62.4 Å². The number of rotatable bonds is 6. The molecule has 0 atom stereocenters. The van der Waals surface area contributed by atoms with Gasteiger partial charge < -0.3 is 15.8 Å². The summed E-state index contributed by atoms with van der Waals surface area (Å²) in [5.74, 6) is 0. The van der Waals surface area contributed by atoms with Gasteiger partial charge in [0.15, 0.2) is 0 Å². The first kappa shape index (κ1) is 19.0. The minimum Gasteiger partial charge on any atom is -0.399 e. The lowest BCUT2D eigenvalue weighted by molar-refractivity contribution is -0.116. The highest BCUT2D eigenvalue weighted by Gasteiger charge is 2.36. The summed E-state index contributed by atoms with van der Waals surface area (Å²) < 4.78 is 25.3. The van der Waals surface area contributed by atoms with E-state index < -0.39 is 20.8 Å². The van der Waals surface area contributed by atoms with Crippen molar-refractivity contribution in [3.63, 3.8) is 0 Å². The molecule has 0 saturated heterocycles. The molecule has 5 nitrogen and oxygen atoms in total. The monoisotopic (exact) mass is 360 g/mol. The van der Waals surface area contributed by atoms with Gasteiger partial charge >= 0.3 is 0 Å². The highest BCUT2D eigenvalue weighted by molar-refractivity contribution is 7.91. The predicted octanol–water partition coefficient (Wildman–Crippen LogP) is 3.52. The van der Waals surface area contributed by atoms with Crippen molar-refractivity contribution in [2.45, 2.75) is 43.0 Å². The van der Waals surface area contributed by atoms with Crippen LogP contribution in [0, 0.1) is 5.41 Å². The molecule has 25 heavy (non-hydrogen) atoms. The van der Waals surface area contributed by atoms with Gasteiger partial charge in [0.05, 0.1) is 9.79 Å². The first-order valence-corrected chi connectivity index (χ1v) is 9.43. The Bertz CT molecular complexity index is 853. The maximum absolute atomic E-state index is 12.6. The molecule has 134 valence electrons. The van der Waals surface area contributed by atoms with Gasteiger partial charge in [-0.3, -0.25) is 0 Å². The van der Waals surface area contributed by atoms with Crippen molar-refractivity contribution in [3.8, 4) is 0 Å². The van der Waals surface area contributed by atoms with Gasteiger partial charge in [0, 0.05) is 22.3 Å². The fraction of sp³-hybridized carbons (Fsp3) is 0.316. The van der Waals surface area contributed by atoms with E-state index in [9.17, 15) is 13.2 Å². The summed E-state index contributed by atoms with van der Waals surface area (Å²) in [4.78, 5) is 11.7. The average Bonchev–Trinajstić information content (AvgIpc) is 2.55. The van der Waals surface area contributed by atoms with E-state index in [-0.39, 0.29) is 9.79 Å². The number of anilines is 2. The highest BCUT2D eigenvalue weighted by atomic mass is 32.2. The number of nitrogens with two attached hydrogens (primary N) is 1. The van der Waals surface area contributed by atoms with Crippen LogP contribution in [0.1, 0.15) is 27.7 Å². The van der Waals surface area contributed by atoms with Crippen molar-refractivity contribution in [2.24, 2.45) is 5.41 Å². The second kappa shape index (κ2) is 6.52. The smallest absolute Gasteiger partial charge is 0.206 e. The molecule has 0 radical (unpaired) electrons. The number of carbonyl (C=O) groups excluding carboxylic acids is 1. The molecule has 0 fully saturated rings. The average molecular weight is 360 g/mol. The number of hydrogen-bond acceptors (Lipinski definition) is 5. The molecule has 2 aromatic carbocycles. The first-order chi connectivity index (χ1) is 11.5. The second-order valence-corrected chi connectivity index (χ2v) is 9.14. The van der Waals surface area contributed by atoms with Gasteiger partial charge in [-0.2, -0.15) is 0 Å². The van der Waals surface area contributed by atoms with E-state index in [1.54, 1.807) is 36.4 Å². The lowest BCUT2D eigenvalue weighted by Gasteiger charge is -2.39. The number of carbonyl (C=O) groups is 1. The summed E-state index contributed by atoms with van der Waals surface area (Å²) in [6.07, 6.45) is 0.917. The van der Waals surface area contributed by atoms with Crippen molar-refractivity contribution in [3.05, 3.63) is 48.5 Å². The van der Waals surface area contributed by atoms with Gasteiger partial charge in [-0.1, -0.05) is 13.8 Å². The third kappa shape index (κ3) is 3.85. The normalized spacial score (nSPS) is 12.6.